The highest BCUT2D eigenvalue weighted by molar-refractivity contribution is 7.71. The minimum absolute atomic E-state index is 0.0512. The van der Waals surface area contributed by atoms with Gasteiger partial charge in [0.25, 0.3) is 0 Å². The van der Waals surface area contributed by atoms with Crippen molar-refractivity contribution >= 4 is 29.7 Å². The highest BCUT2D eigenvalue weighted by Crippen LogP contribution is 2.67. The van der Waals surface area contributed by atoms with Crippen molar-refractivity contribution in [3.63, 3.8) is 0 Å². The zero-order valence-corrected chi connectivity index (χ0v) is 17.9. The van der Waals surface area contributed by atoms with Crippen LogP contribution in [0.3, 0.4) is 0 Å². The number of imidazole rings is 1. The molecule has 5 rings (SSSR count). The van der Waals surface area contributed by atoms with Gasteiger partial charge in [0, 0.05) is 55.0 Å². The Bertz CT molecular complexity index is 1110. The molecule has 2 atom stereocenters. The van der Waals surface area contributed by atoms with Gasteiger partial charge in [0.05, 0.1) is 11.4 Å². The topological polar surface area (TPSA) is 30.2 Å². The Morgan fingerprint density at radius 1 is 1.38 bits per heavy atom. The van der Waals surface area contributed by atoms with E-state index in [1.165, 1.54) is 12.1 Å². The molecule has 1 aromatic carbocycles. The van der Waals surface area contributed by atoms with Crippen molar-refractivity contribution in [2.45, 2.75) is 56.0 Å². The van der Waals surface area contributed by atoms with Gasteiger partial charge in [-0.1, -0.05) is 11.6 Å². The molecule has 1 amide bonds. The molecule has 8 heteroatoms. The van der Waals surface area contributed by atoms with Crippen LogP contribution in [0.25, 0.3) is 0 Å². The molecule has 154 valence electrons. The normalized spacial score (nSPS) is 24.8. The van der Waals surface area contributed by atoms with Gasteiger partial charge >= 0.3 is 0 Å². The van der Waals surface area contributed by atoms with Crippen LogP contribution < -0.4 is 0 Å². The molecule has 0 radical (unpaired) electrons. The predicted molar refractivity (Wildman–Crippen MR) is 109 cm³/mol. The molecule has 0 saturated heterocycles. The SMILES string of the molecule is CN(C(=O)Cc1c2n(c(=S)n1C)C[C@@]1(c3c(F)ccc(Cl)c3F)C[C@@H]21)C1CCC1. The van der Waals surface area contributed by atoms with Gasteiger partial charge in [-0.05, 0) is 50.0 Å². The average molecular weight is 438 g/mol. The zero-order chi connectivity index (χ0) is 20.7. The second kappa shape index (κ2) is 6.38. The van der Waals surface area contributed by atoms with Crippen LogP contribution in [0.4, 0.5) is 8.78 Å². The highest BCUT2D eigenvalue weighted by atomic mass is 35.5. The van der Waals surface area contributed by atoms with E-state index >= 15 is 0 Å². The molecule has 0 N–H and O–H groups in total. The van der Waals surface area contributed by atoms with Crippen molar-refractivity contribution in [2.75, 3.05) is 7.05 Å². The zero-order valence-electron chi connectivity index (χ0n) is 16.3. The quantitative estimate of drug-likeness (QED) is 0.521. The van der Waals surface area contributed by atoms with Gasteiger partial charge in [0.1, 0.15) is 11.6 Å². The second-order valence-corrected chi connectivity index (χ2v) is 9.43. The smallest absolute Gasteiger partial charge is 0.228 e. The summed E-state index contributed by atoms with van der Waals surface area (Å²) in [4.78, 5) is 14.7. The summed E-state index contributed by atoms with van der Waals surface area (Å²) in [6, 6.07) is 2.80. The summed E-state index contributed by atoms with van der Waals surface area (Å²) in [7, 11) is 3.72. The first-order valence-electron chi connectivity index (χ1n) is 9.94. The van der Waals surface area contributed by atoms with Crippen molar-refractivity contribution in [1.82, 2.24) is 14.0 Å². The average Bonchev–Trinajstić information content (AvgIpc) is 3.18. The molecule has 2 aromatic rings. The molecule has 2 saturated carbocycles. The van der Waals surface area contributed by atoms with Crippen LogP contribution in [-0.4, -0.2) is 33.0 Å². The molecular formula is C21H22ClF2N3OS. The number of aromatic nitrogens is 2. The number of carbonyl (C=O) groups is 1. The molecule has 29 heavy (non-hydrogen) atoms. The predicted octanol–water partition coefficient (Wildman–Crippen LogP) is 4.48. The van der Waals surface area contributed by atoms with Crippen LogP contribution in [0, 0.1) is 16.4 Å². The number of carbonyl (C=O) groups excluding carboxylic acids is 1. The van der Waals surface area contributed by atoms with E-state index in [1.807, 2.05) is 28.1 Å². The number of hydrogen-bond donors (Lipinski definition) is 0. The first kappa shape index (κ1) is 19.2. The summed E-state index contributed by atoms with van der Waals surface area (Å²) < 4.78 is 33.8. The molecule has 2 fully saturated rings. The van der Waals surface area contributed by atoms with E-state index in [0.717, 1.165) is 30.7 Å². The van der Waals surface area contributed by atoms with Crippen LogP contribution >= 0.6 is 23.8 Å². The van der Waals surface area contributed by atoms with Crippen molar-refractivity contribution in [3.8, 4) is 0 Å². The van der Waals surface area contributed by atoms with Gasteiger partial charge in [-0.3, -0.25) is 4.79 Å². The first-order valence-corrected chi connectivity index (χ1v) is 10.7. The van der Waals surface area contributed by atoms with Crippen LogP contribution in [-0.2, 0) is 30.2 Å². The fourth-order valence-electron chi connectivity index (χ4n) is 5.18. The van der Waals surface area contributed by atoms with Gasteiger partial charge in [-0.25, -0.2) is 8.78 Å². The molecule has 3 aliphatic rings. The van der Waals surface area contributed by atoms with E-state index in [4.69, 9.17) is 23.8 Å². The van der Waals surface area contributed by atoms with E-state index in [1.54, 1.807) is 0 Å². The third-order valence-electron chi connectivity index (χ3n) is 7.23. The minimum Gasteiger partial charge on any atom is -0.342 e. The lowest BCUT2D eigenvalue weighted by molar-refractivity contribution is -0.132. The molecule has 2 aliphatic carbocycles. The van der Waals surface area contributed by atoms with Gasteiger partial charge in [0.2, 0.25) is 5.91 Å². The fourth-order valence-corrected chi connectivity index (χ4v) is 5.61. The third kappa shape index (κ3) is 2.59. The summed E-state index contributed by atoms with van der Waals surface area (Å²) in [6.07, 6.45) is 4.15. The Balaban J connectivity index is 1.51. The Morgan fingerprint density at radius 3 is 2.76 bits per heavy atom. The number of rotatable bonds is 4. The maximum Gasteiger partial charge on any atom is 0.228 e. The van der Waals surface area contributed by atoms with Crippen LogP contribution in [0.15, 0.2) is 12.1 Å². The monoisotopic (exact) mass is 437 g/mol. The van der Waals surface area contributed by atoms with Crippen molar-refractivity contribution in [3.05, 3.63) is 50.5 Å². The largest absolute Gasteiger partial charge is 0.342 e. The Kier molecular flexibility index (Phi) is 4.24. The summed E-state index contributed by atoms with van der Waals surface area (Å²) in [5, 5.41) is -0.0697. The van der Waals surface area contributed by atoms with Crippen LogP contribution in [0.5, 0.6) is 0 Å². The van der Waals surface area contributed by atoms with Gasteiger partial charge < -0.3 is 14.0 Å². The molecule has 2 heterocycles. The maximum absolute atomic E-state index is 14.8. The molecule has 0 spiro atoms. The number of nitrogens with zero attached hydrogens (tertiary/aromatic N) is 3. The molecule has 0 unspecified atom stereocenters. The summed E-state index contributed by atoms with van der Waals surface area (Å²) in [5.41, 5.74) is 1.21. The molecular weight excluding hydrogens is 416 g/mol. The number of hydrogen-bond acceptors (Lipinski definition) is 2. The van der Waals surface area contributed by atoms with Crippen LogP contribution in [0.2, 0.25) is 5.02 Å². The van der Waals surface area contributed by atoms with Gasteiger partial charge in [0.15, 0.2) is 4.77 Å². The Hall–Kier alpha value is -1.73. The number of halogens is 3. The number of fused-ring (bicyclic) bond motifs is 3. The van der Waals surface area contributed by atoms with E-state index in [2.05, 4.69) is 0 Å². The van der Waals surface area contributed by atoms with Gasteiger partial charge in [-0.15, -0.1) is 0 Å². The van der Waals surface area contributed by atoms with Crippen molar-refractivity contribution in [2.24, 2.45) is 7.05 Å². The minimum atomic E-state index is -0.683. The second-order valence-electron chi connectivity index (χ2n) is 8.66. The third-order valence-corrected chi connectivity index (χ3v) is 8.02. The van der Waals surface area contributed by atoms with E-state index in [-0.39, 0.29) is 28.8 Å². The number of likely N-dealkylation sites (N-methyl/N-ethyl adjacent to an activating group) is 1. The molecule has 1 aromatic heterocycles. The summed E-state index contributed by atoms with van der Waals surface area (Å²) >= 11 is 11.5. The number of benzene rings is 1. The first-order chi connectivity index (χ1) is 13.8. The Morgan fingerprint density at radius 2 is 2.10 bits per heavy atom. The van der Waals surface area contributed by atoms with E-state index in [9.17, 15) is 13.6 Å². The van der Waals surface area contributed by atoms with E-state index in [0.29, 0.717) is 23.8 Å². The fraction of sp³-hybridized carbons (Fsp3) is 0.524. The van der Waals surface area contributed by atoms with Gasteiger partial charge in [-0.2, -0.15) is 0 Å². The Labute approximate surface area is 178 Å². The summed E-state index contributed by atoms with van der Waals surface area (Å²) in [6.45, 7) is 0.417. The number of amides is 1. The molecule has 4 nitrogen and oxygen atoms in total. The van der Waals surface area contributed by atoms with Crippen molar-refractivity contribution in [1.29, 1.82) is 0 Å². The van der Waals surface area contributed by atoms with Crippen molar-refractivity contribution < 1.29 is 13.6 Å². The lowest BCUT2D eigenvalue weighted by Crippen LogP contribution is -2.42. The standard InChI is InChI=1S/C21H22ClF2N3OS/c1-25(11-4-3-5-11)16(28)8-15-19-12-9-21(12,10-27(19)20(29)26(15)2)17-14(23)7-6-13(22)18(17)24/h6-7,11-12H,3-5,8-10H2,1-2H3/t12-,21-/m0/s1. The lowest BCUT2D eigenvalue weighted by atomic mass is 9.91. The maximum atomic E-state index is 14.8. The van der Waals surface area contributed by atoms with E-state index < -0.39 is 17.0 Å². The molecule has 1 aliphatic heterocycles. The highest BCUT2D eigenvalue weighted by Gasteiger charge is 2.64. The lowest BCUT2D eigenvalue weighted by Gasteiger charge is -2.34. The molecule has 0 bridgehead atoms. The van der Waals surface area contributed by atoms with Crippen LogP contribution in [0.1, 0.15) is 48.6 Å². The summed E-state index contributed by atoms with van der Waals surface area (Å²) in [5.74, 6) is -1.24.